The van der Waals surface area contributed by atoms with Crippen molar-refractivity contribution in [3.8, 4) is 28.4 Å². The first-order valence-corrected chi connectivity index (χ1v) is 11.7. The van der Waals surface area contributed by atoms with Gasteiger partial charge in [0, 0.05) is 40.9 Å². The number of primary amides is 1. The molecule has 37 heavy (non-hydrogen) atoms. The third-order valence-electron chi connectivity index (χ3n) is 6.25. The summed E-state index contributed by atoms with van der Waals surface area (Å²) in [6.07, 6.45) is 0. The quantitative estimate of drug-likeness (QED) is 0.408. The van der Waals surface area contributed by atoms with Crippen LogP contribution in [-0.4, -0.2) is 38.2 Å². The summed E-state index contributed by atoms with van der Waals surface area (Å²) in [4.78, 5) is 30.9. The van der Waals surface area contributed by atoms with E-state index < -0.39 is 5.91 Å². The molecule has 0 aromatic heterocycles. The van der Waals surface area contributed by atoms with Crippen molar-refractivity contribution in [3.63, 3.8) is 0 Å². The molecule has 0 aliphatic carbocycles. The van der Waals surface area contributed by atoms with E-state index in [9.17, 15) is 9.59 Å². The Morgan fingerprint density at radius 2 is 1.62 bits per heavy atom. The maximum absolute atomic E-state index is 12.8. The number of nitrogens with zero attached hydrogens (tertiary/aromatic N) is 2. The van der Waals surface area contributed by atoms with Crippen LogP contribution in [0.25, 0.3) is 11.1 Å². The Morgan fingerprint density at radius 1 is 0.865 bits per heavy atom. The standard InChI is InChI=1S/C30H25N3O4/c1-33-25-17-27(36-2)23(22-13-6-7-14-26(22)37-21-11-4-3-5-12-21)16-24(25)29(32-18-28(33)34)19-9-8-10-20(15-19)30(31)35/h3-17H,18H2,1-2H3,(H2,31,35). The van der Waals surface area contributed by atoms with Gasteiger partial charge in [0.1, 0.15) is 23.8 Å². The highest BCUT2D eigenvalue weighted by molar-refractivity contribution is 6.20. The van der Waals surface area contributed by atoms with E-state index in [4.69, 9.17) is 15.2 Å². The molecule has 1 heterocycles. The van der Waals surface area contributed by atoms with Crippen LogP contribution >= 0.6 is 0 Å². The van der Waals surface area contributed by atoms with Crippen molar-refractivity contribution in [3.05, 3.63) is 108 Å². The first-order chi connectivity index (χ1) is 18.0. The largest absolute Gasteiger partial charge is 0.496 e. The van der Waals surface area contributed by atoms with Crippen molar-refractivity contribution in [2.45, 2.75) is 0 Å². The molecule has 4 aromatic carbocycles. The number of anilines is 1. The van der Waals surface area contributed by atoms with E-state index in [0.29, 0.717) is 39.8 Å². The monoisotopic (exact) mass is 491 g/mol. The Bertz CT molecular complexity index is 1530. The fourth-order valence-corrected chi connectivity index (χ4v) is 4.35. The summed E-state index contributed by atoms with van der Waals surface area (Å²) < 4.78 is 12.0. The van der Waals surface area contributed by atoms with Gasteiger partial charge in [0.05, 0.1) is 18.5 Å². The average molecular weight is 492 g/mol. The van der Waals surface area contributed by atoms with Gasteiger partial charge < -0.3 is 20.1 Å². The minimum Gasteiger partial charge on any atom is -0.496 e. The van der Waals surface area contributed by atoms with Crippen LogP contribution in [0.1, 0.15) is 21.5 Å². The van der Waals surface area contributed by atoms with E-state index in [1.165, 1.54) is 0 Å². The molecule has 5 rings (SSSR count). The molecule has 0 unspecified atom stereocenters. The normalized spacial score (nSPS) is 12.9. The van der Waals surface area contributed by atoms with Gasteiger partial charge in [-0.05, 0) is 36.4 Å². The number of para-hydroxylation sites is 2. The fraction of sp³-hybridized carbons (Fsp3) is 0.100. The third kappa shape index (κ3) is 4.67. The number of hydrogen-bond acceptors (Lipinski definition) is 5. The van der Waals surface area contributed by atoms with Crippen LogP contribution in [0.3, 0.4) is 0 Å². The lowest BCUT2D eigenvalue weighted by atomic mass is 9.93. The summed E-state index contributed by atoms with van der Waals surface area (Å²) in [5.41, 5.74) is 10.1. The van der Waals surface area contributed by atoms with Gasteiger partial charge in [-0.1, -0.05) is 48.5 Å². The van der Waals surface area contributed by atoms with E-state index >= 15 is 0 Å². The molecule has 0 bridgehead atoms. The second-order valence-electron chi connectivity index (χ2n) is 8.54. The molecule has 1 aliphatic heterocycles. The van der Waals surface area contributed by atoms with Crippen LogP contribution in [0.4, 0.5) is 5.69 Å². The maximum Gasteiger partial charge on any atom is 0.248 e. The Balaban J connectivity index is 1.71. The number of amides is 2. The van der Waals surface area contributed by atoms with E-state index in [-0.39, 0.29) is 12.5 Å². The summed E-state index contributed by atoms with van der Waals surface area (Å²) in [5, 5.41) is 0. The predicted molar refractivity (Wildman–Crippen MR) is 144 cm³/mol. The molecule has 184 valence electrons. The number of carbonyl (C=O) groups is 2. The Labute approximate surface area is 214 Å². The van der Waals surface area contributed by atoms with Crippen LogP contribution in [0, 0.1) is 0 Å². The number of benzene rings is 4. The number of fused-ring (bicyclic) bond motifs is 1. The smallest absolute Gasteiger partial charge is 0.248 e. The highest BCUT2D eigenvalue weighted by Crippen LogP contribution is 2.42. The van der Waals surface area contributed by atoms with Crippen molar-refractivity contribution >= 4 is 23.2 Å². The van der Waals surface area contributed by atoms with Crippen molar-refractivity contribution in [1.82, 2.24) is 0 Å². The lowest BCUT2D eigenvalue weighted by molar-refractivity contribution is -0.116. The van der Waals surface area contributed by atoms with Gasteiger partial charge in [0.15, 0.2) is 0 Å². The number of carbonyl (C=O) groups excluding carboxylic acids is 2. The Hall–Kier alpha value is -4.91. The molecule has 0 spiro atoms. The molecule has 7 heteroatoms. The molecule has 1 aliphatic rings. The fourth-order valence-electron chi connectivity index (χ4n) is 4.35. The number of ether oxygens (including phenoxy) is 2. The zero-order chi connectivity index (χ0) is 25.9. The molecule has 4 aromatic rings. The van der Waals surface area contributed by atoms with Gasteiger partial charge >= 0.3 is 0 Å². The predicted octanol–water partition coefficient (Wildman–Crippen LogP) is 5.07. The first kappa shape index (κ1) is 23.8. The van der Waals surface area contributed by atoms with Gasteiger partial charge in [0.25, 0.3) is 0 Å². The van der Waals surface area contributed by atoms with Gasteiger partial charge in [-0.15, -0.1) is 0 Å². The number of likely N-dealkylation sites (N-methyl/N-ethyl adjacent to an activating group) is 1. The zero-order valence-corrected chi connectivity index (χ0v) is 20.5. The maximum atomic E-state index is 12.8. The van der Waals surface area contributed by atoms with Crippen LogP contribution in [0.2, 0.25) is 0 Å². The van der Waals surface area contributed by atoms with Crippen LogP contribution in [0.15, 0.2) is 96.0 Å². The molecule has 0 fully saturated rings. The van der Waals surface area contributed by atoms with Gasteiger partial charge in [-0.25, -0.2) is 0 Å². The molecule has 0 radical (unpaired) electrons. The number of rotatable bonds is 6. The minimum atomic E-state index is -0.535. The summed E-state index contributed by atoms with van der Waals surface area (Å²) in [6.45, 7) is -0.0351. The Morgan fingerprint density at radius 3 is 2.38 bits per heavy atom. The van der Waals surface area contributed by atoms with E-state index in [2.05, 4.69) is 4.99 Å². The molecule has 7 nitrogen and oxygen atoms in total. The molecule has 0 saturated heterocycles. The molecule has 2 N–H and O–H groups in total. The minimum absolute atomic E-state index is 0.0351. The van der Waals surface area contributed by atoms with Crippen molar-refractivity contribution in [2.24, 2.45) is 10.7 Å². The highest BCUT2D eigenvalue weighted by atomic mass is 16.5. The molecule has 0 saturated carbocycles. The summed E-state index contributed by atoms with van der Waals surface area (Å²) in [6, 6.07) is 28.0. The zero-order valence-electron chi connectivity index (χ0n) is 20.5. The second kappa shape index (κ2) is 9.99. The highest BCUT2D eigenvalue weighted by Gasteiger charge is 2.26. The van der Waals surface area contributed by atoms with Crippen LogP contribution in [0.5, 0.6) is 17.2 Å². The SMILES string of the molecule is COc1cc2c(cc1-c1ccccc1Oc1ccccc1)C(c1cccc(C(N)=O)c1)=NCC(=O)N2C. The van der Waals surface area contributed by atoms with Gasteiger partial charge in [-0.3, -0.25) is 14.6 Å². The van der Waals surface area contributed by atoms with Crippen LogP contribution in [-0.2, 0) is 4.79 Å². The number of methoxy groups -OCH3 is 1. The molecule has 0 atom stereocenters. The van der Waals surface area contributed by atoms with Crippen molar-refractivity contribution in [1.29, 1.82) is 0 Å². The Kier molecular flexibility index (Phi) is 6.43. The summed E-state index contributed by atoms with van der Waals surface area (Å²) in [5.74, 6) is 1.24. The first-order valence-electron chi connectivity index (χ1n) is 11.7. The lowest BCUT2D eigenvalue weighted by Crippen LogP contribution is -2.27. The number of hydrogen-bond donors (Lipinski definition) is 1. The molecular weight excluding hydrogens is 466 g/mol. The second-order valence-corrected chi connectivity index (χ2v) is 8.54. The summed E-state index contributed by atoms with van der Waals surface area (Å²) >= 11 is 0. The third-order valence-corrected chi connectivity index (χ3v) is 6.25. The number of aliphatic imine (C=N–C) groups is 1. The van der Waals surface area contributed by atoms with Crippen molar-refractivity contribution in [2.75, 3.05) is 25.6 Å². The van der Waals surface area contributed by atoms with E-state index in [1.54, 1.807) is 37.3 Å². The lowest BCUT2D eigenvalue weighted by Gasteiger charge is -2.22. The van der Waals surface area contributed by atoms with Gasteiger partial charge in [0.2, 0.25) is 11.8 Å². The average Bonchev–Trinajstić information content (AvgIpc) is 3.04. The topological polar surface area (TPSA) is 94.2 Å². The number of benzodiazepines with no additional fused rings is 1. The van der Waals surface area contributed by atoms with E-state index in [0.717, 1.165) is 16.7 Å². The van der Waals surface area contributed by atoms with Crippen LogP contribution < -0.4 is 20.1 Å². The summed E-state index contributed by atoms with van der Waals surface area (Å²) in [7, 11) is 3.31. The van der Waals surface area contributed by atoms with E-state index in [1.807, 2.05) is 72.8 Å². The van der Waals surface area contributed by atoms with Crippen molar-refractivity contribution < 1.29 is 19.1 Å². The molecule has 2 amide bonds. The number of nitrogens with two attached hydrogens (primary N) is 1. The van der Waals surface area contributed by atoms with Gasteiger partial charge in [-0.2, -0.15) is 0 Å². The molecular formula is C30H25N3O4.